The molecule has 1 spiro atoms. The van der Waals surface area contributed by atoms with Crippen LogP contribution in [0.5, 0.6) is 0 Å². The van der Waals surface area contributed by atoms with Crippen molar-refractivity contribution in [2.45, 2.75) is 24.1 Å². The van der Waals surface area contributed by atoms with Crippen LogP contribution in [0.25, 0.3) is 0 Å². The lowest BCUT2D eigenvalue weighted by atomic mass is 10.0. The summed E-state index contributed by atoms with van der Waals surface area (Å²) in [5.41, 5.74) is 0. The van der Waals surface area contributed by atoms with Crippen LogP contribution in [0.1, 0.15) is 19.3 Å². The summed E-state index contributed by atoms with van der Waals surface area (Å²) in [4.78, 5) is 16.2. The quantitative estimate of drug-likeness (QED) is 0.762. The predicted octanol–water partition coefficient (Wildman–Crippen LogP) is 0.366. The summed E-state index contributed by atoms with van der Waals surface area (Å²) in [6.45, 7) is 2.82. The average Bonchev–Trinajstić information content (AvgIpc) is 2.62. The number of rotatable bonds is 2. The van der Waals surface area contributed by atoms with E-state index in [1.54, 1.807) is 0 Å². The topological polar surface area (TPSA) is 43.8 Å². The first kappa shape index (κ1) is 12.2. The number of thioether (sulfide) groups is 1. The molecule has 0 atom stereocenters. The summed E-state index contributed by atoms with van der Waals surface area (Å²) in [6.07, 6.45) is 2.40. The SMILES string of the molecule is CN1CCSC12CCN(C(=O)CCO)CC2. The summed E-state index contributed by atoms with van der Waals surface area (Å²) in [6, 6.07) is 0. The minimum Gasteiger partial charge on any atom is -0.396 e. The van der Waals surface area contributed by atoms with Crippen molar-refractivity contribution < 1.29 is 9.90 Å². The fourth-order valence-corrected chi connectivity index (χ4v) is 4.10. The molecule has 0 saturated carbocycles. The lowest BCUT2D eigenvalue weighted by Gasteiger charge is -2.42. The van der Waals surface area contributed by atoms with Gasteiger partial charge in [0.2, 0.25) is 5.91 Å². The standard InChI is InChI=1S/C11H20N2O2S/c1-12-7-9-16-11(12)3-5-13(6-4-11)10(15)2-8-14/h14H,2-9H2,1H3. The maximum absolute atomic E-state index is 11.6. The smallest absolute Gasteiger partial charge is 0.224 e. The number of aliphatic hydroxyl groups is 1. The van der Waals surface area contributed by atoms with Crippen molar-refractivity contribution in [1.82, 2.24) is 9.80 Å². The van der Waals surface area contributed by atoms with E-state index >= 15 is 0 Å². The Labute approximate surface area is 101 Å². The number of aliphatic hydroxyl groups excluding tert-OH is 1. The normalized spacial score (nSPS) is 25.2. The van der Waals surface area contributed by atoms with Gasteiger partial charge in [-0.25, -0.2) is 0 Å². The van der Waals surface area contributed by atoms with E-state index in [9.17, 15) is 4.79 Å². The van der Waals surface area contributed by atoms with Crippen LogP contribution in [0, 0.1) is 0 Å². The Hall–Kier alpha value is -0.260. The summed E-state index contributed by atoms with van der Waals surface area (Å²) in [5.74, 6) is 1.31. The van der Waals surface area contributed by atoms with Gasteiger partial charge in [0.25, 0.3) is 0 Å². The largest absolute Gasteiger partial charge is 0.396 e. The molecule has 0 bridgehead atoms. The Morgan fingerprint density at radius 1 is 1.38 bits per heavy atom. The highest BCUT2D eigenvalue weighted by Crippen LogP contribution is 2.42. The van der Waals surface area contributed by atoms with Crippen molar-refractivity contribution >= 4 is 17.7 Å². The molecule has 2 aliphatic rings. The molecule has 1 N–H and O–H groups in total. The summed E-state index contributed by atoms with van der Waals surface area (Å²) < 4.78 is 0. The Kier molecular flexibility index (Phi) is 3.77. The Balaban J connectivity index is 1.89. The minimum absolute atomic E-state index is 0.0326. The molecule has 92 valence electrons. The molecule has 0 aromatic rings. The van der Waals surface area contributed by atoms with Crippen molar-refractivity contribution in [3.05, 3.63) is 0 Å². The van der Waals surface area contributed by atoms with Crippen LogP contribution < -0.4 is 0 Å². The molecule has 0 aromatic heterocycles. The third kappa shape index (κ3) is 2.21. The molecule has 4 nitrogen and oxygen atoms in total. The fourth-order valence-electron chi connectivity index (χ4n) is 2.57. The number of carbonyl (C=O) groups excluding carboxylic acids is 1. The van der Waals surface area contributed by atoms with E-state index in [0.717, 1.165) is 32.5 Å². The van der Waals surface area contributed by atoms with Gasteiger partial charge in [0, 0.05) is 31.8 Å². The molecule has 2 rings (SSSR count). The molecule has 0 unspecified atom stereocenters. The van der Waals surface area contributed by atoms with Crippen LogP contribution in [-0.4, -0.2) is 64.7 Å². The van der Waals surface area contributed by atoms with Crippen molar-refractivity contribution in [3.8, 4) is 0 Å². The van der Waals surface area contributed by atoms with E-state index in [2.05, 4.69) is 11.9 Å². The molecular weight excluding hydrogens is 224 g/mol. The van der Waals surface area contributed by atoms with Crippen LogP contribution in [-0.2, 0) is 4.79 Å². The number of hydrogen-bond donors (Lipinski definition) is 1. The number of amides is 1. The van der Waals surface area contributed by atoms with Crippen molar-refractivity contribution in [2.24, 2.45) is 0 Å². The van der Waals surface area contributed by atoms with Gasteiger partial charge in [-0.15, -0.1) is 11.8 Å². The maximum Gasteiger partial charge on any atom is 0.224 e. The van der Waals surface area contributed by atoms with Gasteiger partial charge in [-0.05, 0) is 19.9 Å². The average molecular weight is 244 g/mol. The van der Waals surface area contributed by atoms with Crippen LogP contribution in [0.4, 0.5) is 0 Å². The fraction of sp³-hybridized carbons (Fsp3) is 0.909. The van der Waals surface area contributed by atoms with Gasteiger partial charge in [-0.2, -0.15) is 0 Å². The van der Waals surface area contributed by atoms with Crippen LogP contribution >= 0.6 is 11.8 Å². The summed E-state index contributed by atoms with van der Waals surface area (Å²) in [5, 5.41) is 8.75. The highest BCUT2D eigenvalue weighted by molar-refractivity contribution is 8.00. The second kappa shape index (κ2) is 4.94. The Morgan fingerprint density at radius 2 is 2.06 bits per heavy atom. The molecule has 2 heterocycles. The van der Waals surface area contributed by atoms with E-state index in [4.69, 9.17) is 5.11 Å². The van der Waals surface area contributed by atoms with Crippen molar-refractivity contribution in [3.63, 3.8) is 0 Å². The molecule has 2 saturated heterocycles. The van der Waals surface area contributed by atoms with E-state index in [0.29, 0.717) is 0 Å². The van der Waals surface area contributed by atoms with Gasteiger partial charge >= 0.3 is 0 Å². The summed E-state index contributed by atoms with van der Waals surface area (Å²) >= 11 is 2.04. The maximum atomic E-state index is 11.6. The van der Waals surface area contributed by atoms with Crippen molar-refractivity contribution in [1.29, 1.82) is 0 Å². The lowest BCUT2D eigenvalue weighted by molar-refractivity contribution is -0.133. The van der Waals surface area contributed by atoms with E-state index in [1.165, 1.54) is 5.75 Å². The van der Waals surface area contributed by atoms with Gasteiger partial charge in [-0.1, -0.05) is 0 Å². The van der Waals surface area contributed by atoms with Crippen LogP contribution in [0.15, 0.2) is 0 Å². The predicted molar refractivity (Wildman–Crippen MR) is 65.3 cm³/mol. The third-order valence-corrected chi connectivity index (χ3v) is 5.36. The lowest BCUT2D eigenvalue weighted by Crippen LogP contribution is -2.50. The van der Waals surface area contributed by atoms with Crippen molar-refractivity contribution in [2.75, 3.05) is 39.0 Å². The zero-order valence-corrected chi connectivity index (χ0v) is 10.6. The Morgan fingerprint density at radius 3 is 2.56 bits per heavy atom. The minimum atomic E-state index is -0.0326. The first-order valence-electron chi connectivity index (χ1n) is 5.92. The molecule has 2 fully saturated rings. The molecule has 0 aromatic carbocycles. The third-order valence-electron chi connectivity index (χ3n) is 3.72. The second-order valence-electron chi connectivity index (χ2n) is 4.57. The monoisotopic (exact) mass is 244 g/mol. The molecular formula is C11H20N2O2S. The first-order chi connectivity index (χ1) is 7.68. The van der Waals surface area contributed by atoms with E-state index in [-0.39, 0.29) is 23.8 Å². The number of nitrogens with zero attached hydrogens (tertiary/aromatic N) is 2. The second-order valence-corrected chi connectivity index (χ2v) is 6.03. The number of piperidine rings is 1. The van der Waals surface area contributed by atoms with Crippen LogP contribution in [0.3, 0.4) is 0 Å². The Bertz CT molecular complexity index is 265. The molecule has 2 aliphatic heterocycles. The molecule has 0 aliphatic carbocycles. The summed E-state index contributed by atoms with van der Waals surface area (Å²) in [7, 11) is 2.19. The molecule has 0 radical (unpaired) electrons. The number of likely N-dealkylation sites (tertiary alicyclic amines) is 1. The number of carbonyl (C=O) groups is 1. The number of hydrogen-bond acceptors (Lipinski definition) is 4. The zero-order valence-electron chi connectivity index (χ0n) is 9.81. The highest BCUT2D eigenvalue weighted by atomic mass is 32.2. The molecule has 1 amide bonds. The van der Waals surface area contributed by atoms with Gasteiger partial charge in [-0.3, -0.25) is 9.69 Å². The van der Waals surface area contributed by atoms with E-state index in [1.807, 2.05) is 16.7 Å². The molecule has 5 heteroatoms. The molecule has 16 heavy (non-hydrogen) atoms. The van der Waals surface area contributed by atoms with Gasteiger partial charge in [0.1, 0.15) is 0 Å². The van der Waals surface area contributed by atoms with Crippen LogP contribution in [0.2, 0.25) is 0 Å². The van der Waals surface area contributed by atoms with Gasteiger partial charge < -0.3 is 10.0 Å². The first-order valence-corrected chi connectivity index (χ1v) is 6.90. The zero-order chi connectivity index (χ0) is 11.6. The highest BCUT2D eigenvalue weighted by Gasteiger charge is 2.42. The van der Waals surface area contributed by atoms with Gasteiger partial charge in [0.05, 0.1) is 11.5 Å². The van der Waals surface area contributed by atoms with Gasteiger partial charge in [0.15, 0.2) is 0 Å². The van der Waals surface area contributed by atoms with E-state index < -0.39 is 0 Å².